The minimum atomic E-state index is -0.586. The number of likely N-dealkylation sites (tertiary alicyclic amines) is 1. The zero-order valence-corrected chi connectivity index (χ0v) is 16.6. The quantitative estimate of drug-likeness (QED) is 0.807. The van der Waals surface area contributed by atoms with Crippen LogP contribution < -0.4 is 10.1 Å². The zero-order chi connectivity index (χ0) is 19.9. The predicted molar refractivity (Wildman–Crippen MR) is 107 cm³/mol. The number of nitrogens with zero attached hydrogens (tertiary/aromatic N) is 2. The van der Waals surface area contributed by atoms with Crippen LogP contribution in [0.3, 0.4) is 0 Å². The van der Waals surface area contributed by atoms with Gasteiger partial charge in [-0.15, -0.1) is 0 Å². The summed E-state index contributed by atoms with van der Waals surface area (Å²) in [5.74, 6) is 0.494. The molecule has 1 saturated heterocycles. The topological polar surface area (TPSA) is 71.5 Å². The van der Waals surface area contributed by atoms with Crippen molar-refractivity contribution in [2.45, 2.75) is 32.4 Å². The Morgan fingerprint density at radius 3 is 2.61 bits per heavy atom. The minimum absolute atomic E-state index is 0.0291. The molecular weight excluding hydrogens is 378 g/mol. The number of nitrogens with one attached hydrogen (secondary N) is 1. The molecule has 7 heteroatoms. The molecule has 0 bridgehead atoms. The maximum atomic E-state index is 12.6. The van der Waals surface area contributed by atoms with E-state index in [1.54, 1.807) is 48.5 Å². The van der Waals surface area contributed by atoms with E-state index in [4.69, 9.17) is 16.3 Å². The van der Waals surface area contributed by atoms with Gasteiger partial charge in [0.1, 0.15) is 5.75 Å². The molecule has 1 fully saturated rings. The highest BCUT2D eigenvalue weighted by Gasteiger charge is 2.30. The van der Waals surface area contributed by atoms with Crippen molar-refractivity contribution >= 4 is 23.4 Å². The van der Waals surface area contributed by atoms with E-state index < -0.39 is 6.10 Å². The van der Waals surface area contributed by atoms with Crippen molar-refractivity contribution in [2.75, 3.05) is 13.1 Å². The molecule has 0 aliphatic carbocycles. The zero-order valence-electron chi connectivity index (χ0n) is 15.8. The molecule has 2 amide bonds. The first-order valence-electron chi connectivity index (χ1n) is 9.40. The second-order valence-corrected chi connectivity index (χ2v) is 7.33. The fourth-order valence-electron chi connectivity index (χ4n) is 3.22. The third-order valence-electron chi connectivity index (χ3n) is 4.84. The molecule has 1 aliphatic heterocycles. The van der Waals surface area contributed by atoms with Gasteiger partial charge in [-0.25, -0.2) is 0 Å². The van der Waals surface area contributed by atoms with E-state index in [0.29, 0.717) is 43.2 Å². The van der Waals surface area contributed by atoms with Crippen LogP contribution in [-0.2, 0) is 16.1 Å². The van der Waals surface area contributed by atoms with Gasteiger partial charge in [0.25, 0.3) is 5.91 Å². The highest BCUT2D eigenvalue weighted by Crippen LogP contribution is 2.21. The number of benzene rings is 1. The van der Waals surface area contributed by atoms with Crippen LogP contribution in [0.4, 0.5) is 0 Å². The number of carbonyl (C=O) groups is 2. The van der Waals surface area contributed by atoms with Gasteiger partial charge in [0.15, 0.2) is 6.10 Å². The van der Waals surface area contributed by atoms with E-state index in [1.165, 1.54) is 0 Å². The lowest BCUT2D eigenvalue weighted by atomic mass is 9.95. The van der Waals surface area contributed by atoms with Gasteiger partial charge in [-0.1, -0.05) is 17.7 Å². The number of hydrogen-bond donors (Lipinski definition) is 1. The van der Waals surface area contributed by atoms with Gasteiger partial charge in [0.2, 0.25) is 5.91 Å². The molecule has 28 heavy (non-hydrogen) atoms. The maximum Gasteiger partial charge on any atom is 0.263 e. The molecule has 1 N–H and O–H groups in total. The standard InChI is InChI=1S/C21H24ClN3O3/c1-15(28-19-6-4-18(22)5-7-19)21(27)25-11-8-17(9-12-25)20(26)24-14-16-3-2-10-23-13-16/h2-7,10,13,15,17H,8-9,11-12,14H2,1H3,(H,24,26). The van der Waals surface area contributed by atoms with E-state index in [9.17, 15) is 9.59 Å². The van der Waals surface area contributed by atoms with Crippen molar-refractivity contribution in [3.05, 3.63) is 59.4 Å². The van der Waals surface area contributed by atoms with Gasteiger partial charge in [-0.3, -0.25) is 14.6 Å². The smallest absolute Gasteiger partial charge is 0.263 e. The van der Waals surface area contributed by atoms with Crippen molar-refractivity contribution in [1.82, 2.24) is 15.2 Å². The van der Waals surface area contributed by atoms with Crippen LogP contribution in [0.2, 0.25) is 5.02 Å². The fourth-order valence-corrected chi connectivity index (χ4v) is 3.35. The Labute approximate surface area is 169 Å². The molecule has 1 aliphatic rings. The monoisotopic (exact) mass is 401 g/mol. The van der Waals surface area contributed by atoms with Crippen LogP contribution in [0.25, 0.3) is 0 Å². The third kappa shape index (κ3) is 5.45. The van der Waals surface area contributed by atoms with Crippen LogP contribution in [0, 0.1) is 5.92 Å². The summed E-state index contributed by atoms with van der Waals surface area (Å²) in [5.41, 5.74) is 0.969. The summed E-state index contributed by atoms with van der Waals surface area (Å²) in [4.78, 5) is 30.8. The number of aromatic nitrogens is 1. The number of rotatable bonds is 6. The highest BCUT2D eigenvalue weighted by atomic mass is 35.5. The van der Waals surface area contributed by atoms with Crippen LogP contribution in [0.15, 0.2) is 48.8 Å². The Morgan fingerprint density at radius 1 is 1.25 bits per heavy atom. The lowest BCUT2D eigenvalue weighted by Gasteiger charge is -2.33. The van der Waals surface area contributed by atoms with Gasteiger partial charge in [0.05, 0.1) is 0 Å². The summed E-state index contributed by atoms with van der Waals surface area (Å²) < 4.78 is 5.71. The first-order valence-corrected chi connectivity index (χ1v) is 9.78. The van der Waals surface area contributed by atoms with Gasteiger partial charge >= 0.3 is 0 Å². The average molecular weight is 402 g/mol. The molecule has 0 radical (unpaired) electrons. The van der Waals surface area contributed by atoms with Crippen molar-refractivity contribution in [3.8, 4) is 5.75 Å². The van der Waals surface area contributed by atoms with Gasteiger partial charge in [-0.05, 0) is 55.7 Å². The summed E-state index contributed by atoms with van der Waals surface area (Å²) in [6.45, 7) is 3.32. The Bertz CT molecular complexity index is 790. The summed E-state index contributed by atoms with van der Waals surface area (Å²) in [6, 6.07) is 10.7. The van der Waals surface area contributed by atoms with Crippen molar-refractivity contribution < 1.29 is 14.3 Å². The van der Waals surface area contributed by atoms with E-state index in [1.807, 2.05) is 12.1 Å². The van der Waals surface area contributed by atoms with Crippen molar-refractivity contribution in [1.29, 1.82) is 0 Å². The molecule has 1 aromatic heterocycles. The number of carbonyl (C=O) groups excluding carboxylic acids is 2. The molecule has 2 aromatic rings. The van der Waals surface area contributed by atoms with E-state index in [0.717, 1.165) is 5.56 Å². The molecule has 1 unspecified atom stereocenters. The average Bonchev–Trinajstić information content (AvgIpc) is 2.74. The van der Waals surface area contributed by atoms with Gasteiger partial charge < -0.3 is 15.0 Å². The van der Waals surface area contributed by atoms with Gasteiger partial charge in [-0.2, -0.15) is 0 Å². The number of amides is 2. The predicted octanol–water partition coefficient (Wildman–Crippen LogP) is 3.06. The number of ether oxygens (including phenoxy) is 1. The summed E-state index contributed by atoms with van der Waals surface area (Å²) in [7, 11) is 0. The van der Waals surface area contributed by atoms with Crippen LogP contribution in [0.5, 0.6) is 5.75 Å². The van der Waals surface area contributed by atoms with Crippen LogP contribution in [-0.4, -0.2) is 40.9 Å². The number of halogens is 1. The third-order valence-corrected chi connectivity index (χ3v) is 5.09. The summed E-state index contributed by atoms with van der Waals surface area (Å²) in [5, 5.41) is 3.58. The largest absolute Gasteiger partial charge is 0.481 e. The molecule has 2 heterocycles. The van der Waals surface area contributed by atoms with Crippen molar-refractivity contribution in [3.63, 3.8) is 0 Å². The summed E-state index contributed by atoms with van der Waals surface area (Å²) >= 11 is 5.86. The lowest BCUT2D eigenvalue weighted by Crippen LogP contribution is -2.47. The van der Waals surface area contributed by atoms with Gasteiger partial charge in [0, 0.05) is 43.0 Å². The van der Waals surface area contributed by atoms with E-state index in [2.05, 4.69) is 10.3 Å². The molecule has 0 saturated carbocycles. The normalized spacial score (nSPS) is 15.7. The first-order chi connectivity index (χ1) is 13.5. The Hall–Kier alpha value is -2.60. The lowest BCUT2D eigenvalue weighted by molar-refractivity contribution is -0.141. The molecular formula is C21H24ClN3O3. The molecule has 1 aromatic carbocycles. The number of piperidine rings is 1. The minimum Gasteiger partial charge on any atom is -0.481 e. The Kier molecular flexibility index (Phi) is 6.87. The summed E-state index contributed by atoms with van der Waals surface area (Å²) in [6.07, 6.45) is 4.16. The highest BCUT2D eigenvalue weighted by molar-refractivity contribution is 6.30. The van der Waals surface area contributed by atoms with Crippen LogP contribution >= 0.6 is 11.6 Å². The number of hydrogen-bond acceptors (Lipinski definition) is 4. The SMILES string of the molecule is CC(Oc1ccc(Cl)cc1)C(=O)N1CCC(C(=O)NCc2cccnc2)CC1. The second-order valence-electron chi connectivity index (χ2n) is 6.89. The fraction of sp³-hybridized carbons (Fsp3) is 0.381. The van der Waals surface area contributed by atoms with Crippen LogP contribution in [0.1, 0.15) is 25.3 Å². The van der Waals surface area contributed by atoms with E-state index in [-0.39, 0.29) is 17.7 Å². The molecule has 0 spiro atoms. The number of pyridine rings is 1. The second kappa shape index (κ2) is 9.55. The molecule has 3 rings (SSSR count). The molecule has 6 nitrogen and oxygen atoms in total. The van der Waals surface area contributed by atoms with Crippen molar-refractivity contribution in [2.24, 2.45) is 5.92 Å². The first kappa shape index (κ1) is 20.1. The molecule has 1 atom stereocenters. The Morgan fingerprint density at radius 2 is 1.96 bits per heavy atom. The molecule has 148 valence electrons. The maximum absolute atomic E-state index is 12.6. The Balaban J connectivity index is 1.44. The van der Waals surface area contributed by atoms with E-state index >= 15 is 0 Å².